The van der Waals surface area contributed by atoms with Gasteiger partial charge in [0.05, 0.1) is 6.67 Å². The van der Waals surface area contributed by atoms with Crippen molar-refractivity contribution < 1.29 is 14.0 Å². The van der Waals surface area contributed by atoms with Gasteiger partial charge in [-0.2, -0.15) is 0 Å². The Bertz CT molecular complexity index is 924. The molecule has 1 N–H and O–H groups in total. The summed E-state index contributed by atoms with van der Waals surface area (Å²) in [5.41, 5.74) is 1.91. The second kappa shape index (κ2) is 8.19. The quantitative estimate of drug-likeness (QED) is 0.666. The van der Waals surface area contributed by atoms with E-state index in [-0.39, 0.29) is 24.4 Å². The first-order valence-corrected chi connectivity index (χ1v) is 10.6. The molecule has 1 heterocycles. The molecule has 2 aromatic carbocycles. The van der Waals surface area contributed by atoms with E-state index in [9.17, 15) is 14.0 Å². The third-order valence-corrected chi connectivity index (χ3v) is 6.03. The van der Waals surface area contributed by atoms with E-state index in [0.29, 0.717) is 12.6 Å². The van der Waals surface area contributed by atoms with Gasteiger partial charge < -0.3 is 5.32 Å². The molecule has 30 heavy (non-hydrogen) atoms. The molecule has 1 aliphatic carbocycles. The Morgan fingerprint density at radius 3 is 2.30 bits per heavy atom. The molecule has 0 radical (unpaired) electrons. The van der Waals surface area contributed by atoms with Crippen LogP contribution >= 0.6 is 0 Å². The molecule has 6 heteroatoms. The number of imide groups is 1. The summed E-state index contributed by atoms with van der Waals surface area (Å²) >= 11 is 0. The van der Waals surface area contributed by atoms with Crippen LogP contribution < -0.4 is 5.32 Å². The third-order valence-electron chi connectivity index (χ3n) is 6.03. The Balaban J connectivity index is 1.50. The van der Waals surface area contributed by atoms with Crippen molar-refractivity contribution in [3.8, 4) is 0 Å². The van der Waals surface area contributed by atoms with Gasteiger partial charge in [0, 0.05) is 12.6 Å². The van der Waals surface area contributed by atoms with Crippen LogP contribution in [-0.2, 0) is 23.3 Å². The Morgan fingerprint density at radius 2 is 1.70 bits per heavy atom. The predicted octanol–water partition coefficient (Wildman–Crippen LogP) is 4.17. The summed E-state index contributed by atoms with van der Waals surface area (Å²) < 4.78 is 13.2. The van der Waals surface area contributed by atoms with Crippen LogP contribution in [0.5, 0.6) is 0 Å². The van der Waals surface area contributed by atoms with Gasteiger partial charge in [-0.25, -0.2) is 14.1 Å². The van der Waals surface area contributed by atoms with Crippen LogP contribution in [-0.4, -0.2) is 34.4 Å². The molecular formula is C24H28FN3O2. The van der Waals surface area contributed by atoms with Crippen LogP contribution in [0, 0.1) is 5.82 Å². The van der Waals surface area contributed by atoms with E-state index in [4.69, 9.17) is 0 Å². The van der Waals surface area contributed by atoms with Crippen LogP contribution in [0.4, 0.5) is 9.18 Å². The molecule has 1 atom stereocenters. The lowest BCUT2D eigenvalue weighted by molar-refractivity contribution is -0.132. The number of aryl methyl sites for hydroxylation is 1. The summed E-state index contributed by atoms with van der Waals surface area (Å²) in [7, 11) is 0. The van der Waals surface area contributed by atoms with Gasteiger partial charge in [0.2, 0.25) is 0 Å². The van der Waals surface area contributed by atoms with Crippen molar-refractivity contribution >= 4 is 11.9 Å². The number of nitrogens with zero attached hydrogens (tertiary/aromatic N) is 2. The highest BCUT2D eigenvalue weighted by Crippen LogP contribution is 2.32. The summed E-state index contributed by atoms with van der Waals surface area (Å²) in [5, 5.41) is 2.90. The van der Waals surface area contributed by atoms with Crippen molar-refractivity contribution in [2.75, 3.05) is 6.67 Å². The second-order valence-electron chi connectivity index (χ2n) is 8.48. The molecule has 3 amide bonds. The van der Waals surface area contributed by atoms with Gasteiger partial charge >= 0.3 is 6.03 Å². The number of benzene rings is 2. The summed E-state index contributed by atoms with van der Waals surface area (Å²) in [6, 6.07) is 14.3. The summed E-state index contributed by atoms with van der Waals surface area (Å²) in [6.45, 7) is 4.70. The van der Waals surface area contributed by atoms with Crippen LogP contribution in [0.1, 0.15) is 49.8 Å². The summed E-state index contributed by atoms with van der Waals surface area (Å²) in [4.78, 5) is 29.5. The number of carbonyl (C=O) groups is 2. The smallest absolute Gasteiger partial charge is 0.319 e. The number of hydrogen-bond donors (Lipinski definition) is 1. The van der Waals surface area contributed by atoms with E-state index in [1.807, 2.05) is 24.3 Å². The van der Waals surface area contributed by atoms with Crippen molar-refractivity contribution in [2.45, 2.75) is 57.7 Å². The zero-order chi connectivity index (χ0) is 21.3. The van der Waals surface area contributed by atoms with E-state index in [1.54, 1.807) is 19.1 Å². The minimum atomic E-state index is -1.06. The first-order chi connectivity index (χ1) is 14.4. The molecule has 5 nitrogen and oxygen atoms in total. The first kappa shape index (κ1) is 20.5. The molecule has 2 fully saturated rings. The monoisotopic (exact) mass is 409 g/mol. The fraction of sp³-hybridized carbons (Fsp3) is 0.417. The van der Waals surface area contributed by atoms with Crippen molar-refractivity contribution in [2.24, 2.45) is 0 Å². The number of nitrogens with one attached hydrogen (secondary N) is 1. The number of urea groups is 1. The number of hydrogen-bond acceptors (Lipinski definition) is 3. The Morgan fingerprint density at radius 1 is 1.07 bits per heavy atom. The van der Waals surface area contributed by atoms with Crippen molar-refractivity contribution in [3.63, 3.8) is 0 Å². The minimum Gasteiger partial charge on any atom is -0.319 e. The minimum absolute atomic E-state index is 0.232. The lowest BCUT2D eigenvalue weighted by Crippen LogP contribution is -2.44. The summed E-state index contributed by atoms with van der Waals surface area (Å²) in [5.74, 6) is -0.507. The molecular weight excluding hydrogens is 381 g/mol. The second-order valence-corrected chi connectivity index (χ2v) is 8.48. The topological polar surface area (TPSA) is 52.7 Å². The SMILES string of the molecule is CCCc1ccc([C@@]2(C)NC(=O)N(CN(Cc3ccc(F)cc3)C3CC3)C2=O)cc1. The number of carbonyl (C=O) groups excluding carboxylic acids is 2. The molecule has 0 aromatic heterocycles. The van der Waals surface area contributed by atoms with Gasteiger partial charge in [0.1, 0.15) is 11.4 Å². The van der Waals surface area contributed by atoms with Crippen LogP contribution in [0.2, 0.25) is 0 Å². The van der Waals surface area contributed by atoms with Gasteiger partial charge in [0.25, 0.3) is 5.91 Å². The highest BCUT2D eigenvalue weighted by molar-refractivity contribution is 6.07. The number of rotatable bonds is 8. The normalized spacial score (nSPS) is 21.4. The molecule has 158 valence electrons. The van der Waals surface area contributed by atoms with Gasteiger partial charge in [-0.1, -0.05) is 49.7 Å². The average molecular weight is 410 g/mol. The highest BCUT2D eigenvalue weighted by atomic mass is 19.1. The molecule has 0 bridgehead atoms. The van der Waals surface area contributed by atoms with E-state index in [2.05, 4.69) is 17.1 Å². The van der Waals surface area contributed by atoms with Crippen molar-refractivity contribution in [3.05, 3.63) is 71.0 Å². The van der Waals surface area contributed by atoms with Gasteiger partial charge in [-0.05, 0) is 55.0 Å². The third kappa shape index (κ3) is 4.10. The molecule has 0 unspecified atom stereocenters. The zero-order valence-corrected chi connectivity index (χ0v) is 17.5. The van der Waals surface area contributed by atoms with Gasteiger partial charge in [-0.3, -0.25) is 9.69 Å². The van der Waals surface area contributed by atoms with Crippen molar-refractivity contribution in [1.82, 2.24) is 15.1 Å². The van der Waals surface area contributed by atoms with Crippen LogP contribution in [0.25, 0.3) is 0 Å². The van der Waals surface area contributed by atoms with Crippen LogP contribution in [0.3, 0.4) is 0 Å². The van der Waals surface area contributed by atoms with E-state index in [0.717, 1.165) is 36.8 Å². The summed E-state index contributed by atoms with van der Waals surface area (Å²) in [6.07, 6.45) is 4.14. The van der Waals surface area contributed by atoms with E-state index in [1.165, 1.54) is 22.6 Å². The Kier molecular flexibility index (Phi) is 5.60. The van der Waals surface area contributed by atoms with Gasteiger partial charge in [-0.15, -0.1) is 0 Å². The maximum Gasteiger partial charge on any atom is 0.326 e. The lowest BCUT2D eigenvalue weighted by atomic mass is 9.91. The maximum atomic E-state index is 13.3. The number of amides is 3. The Hall–Kier alpha value is -2.73. The van der Waals surface area contributed by atoms with E-state index < -0.39 is 5.54 Å². The molecule has 4 rings (SSSR count). The first-order valence-electron chi connectivity index (χ1n) is 10.6. The molecule has 1 saturated carbocycles. The van der Waals surface area contributed by atoms with Crippen LogP contribution in [0.15, 0.2) is 48.5 Å². The fourth-order valence-electron chi connectivity index (χ4n) is 4.05. The molecule has 1 saturated heterocycles. The zero-order valence-electron chi connectivity index (χ0n) is 17.5. The number of halogens is 1. The average Bonchev–Trinajstić information content (AvgIpc) is 3.55. The molecule has 2 aliphatic rings. The Labute approximate surface area is 176 Å². The van der Waals surface area contributed by atoms with E-state index >= 15 is 0 Å². The molecule has 0 spiro atoms. The van der Waals surface area contributed by atoms with Gasteiger partial charge in [0.15, 0.2) is 0 Å². The lowest BCUT2D eigenvalue weighted by Gasteiger charge is -2.27. The predicted molar refractivity (Wildman–Crippen MR) is 113 cm³/mol. The fourth-order valence-corrected chi connectivity index (χ4v) is 4.05. The molecule has 2 aromatic rings. The van der Waals surface area contributed by atoms with Crippen molar-refractivity contribution in [1.29, 1.82) is 0 Å². The maximum absolute atomic E-state index is 13.3. The standard InChI is InChI=1S/C24H28FN3O2/c1-3-4-17-5-9-19(10-6-17)24(2)22(29)28(23(30)26-24)16-27(21-13-14-21)15-18-7-11-20(25)12-8-18/h5-12,21H,3-4,13-16H2,1-2H3,(H,26,30)/t24-/m1/s1. The largest absolute Gasteiger partial charge is 0.326 e. The molecule has 1 aliphatic heterocycles. The highest BCUT2D eigenvalue weighted by Gasteiger charge is 2.50.